The zero-order chi connectivity index (χ0) is 18.5. The molecular weight excluding hydrogens is 348 g/mol. The topological polar surface area (TPSA) is 69.6 Å². The number of thiophene rings is 1. The van der Waals surface area contributed by atoms with Gasteiger partial charge in [-0.15, -0.1) is 11.3 Å². The summed E-state index contributed by atoms with van der Waals surface area (Å²) in [5.74, 6) is -0.996. The second-order valence-electron chi connectivity index (χ2n) is 6.45. The molecule has 1 amide bonds. The summed E-state index contributed by atoms with van der Waals surface area (Å²) in [5, 5.41) is 13.1. The van der Waals surface area contributed by atoms with E-state index in [1.165, 1.54) is 11.3 Å². The van der Waals surface area contributed by atoms with Crippen LogP contribution < -0.4 is 10.2 Å². The Kier molecular flexibility index (Phi) is 6.06. The molecule has 1 unspecified atom stereocenters. The van der Waals surface area contributed by atoms with Gasteiger partial charge in [-0.05, 0) is 44.0 Å². The van der Waals surface area contributed by atoms with Gasteiger partial charge in [-0.25, -0.2) is 4.79 Å². The molecule has 0 spiro atoms. The molecule has 0 radical (unpaired) electrons. The van der Waals surface area contributed by atoms with E-state index in [2.05, 4.69) is 5.32 Å². The van der Waals surface area contributed by atoms with Crippen molar-refractivity contribution < 1.29 is 14.7 Å². The van der Waals surface area contributed by atoms with E-state index in [9.17, 15) is 14.7 Å². The number of amides is 1. The van der Waals surface area contributed by atoms with Crippen molar-refractivity contribution in [1.82, 2.24) is 5.32 Å². The van der Waals surface area contributed by atoms with E-state index in [-0.39, 0.29) is 16.8 Å². The minimum atomic E-state index is -0.979. The average molecular weight is 372 g/mol. The fraction of sp³-hybridized carbons (Fsp3) is 0.400. The summed E-state index contributed by atoms with van der Waals surface area (Å²) >= 11 is 1.24. The van der Waals surface area contributed by atoms with Crippen LogP contribution in [0.2, 0.25) is 0 Å². The van der Waals surface area contributed by atoms with E-state index >= 15 is 0 Å². The predicted octanol–water partition coefficient (Wildman–Crippen LogP) is 4.00. The number of nitrogens with zero attached hydrogens (tertiary/aromatic N) is 1. The minimum absolute atomic E-state index is 0.0168. The average Bonchev–Trinajstić information content (AvgIpc) is 2.92. The van der Waals surface area contributed by atoms with Gasteiger partial charge in [-0.3, -0.25) is 4.79 Å². The van der Waals surface area contributed by atoms with Crippen molar-refractivity contribution in [2.75, 3.05) is 18.0 Å². The number of carboxylic acid groups (broad SMARTS) is 1. The molecule has 2 heterocycles. The lowest BCUT2D eigenvalue weighted by molar-refractivity contribution is -0.118. The second kappa shape index (κ2) is 8.47. The Labute approximate surface area is 157 Å². The predicted molar refractivity (Wildman–Crippen MR) is 105 cm³/mol. The number of aromatic carboxylic acids is 1. The van der Waals surface area contributed by atoms with Crippen molar-refractivity contribution in [3.63, 3.8) is 0 Å². The first-order valence-corrected chi connectivity index (χ1v) is 9.88. The molecule has 0 aliphatic carbocycles. The van der Waals surface area contributed by atoms with E-state index in [4.69, 9.17) is 0 Å². The molecule has 0 bridgehead atoms. The van der Waals surface area contributed by atoms with E-state index in [1.54, 1.807) is 4.90 Å². The molecule has 5 nitrogen and oxygen atoms in total. The number of hydrogen-bond acceptors (Lipinski definition) is 4. The molecular formula is C20H24N2O3S. The highest BCUT2D eigenvalue weighted by Crippen LogP contribution is 2.39. The Morgan fingerprint density at radius 2 is 2.00 bits per heavy atom. The Hall–Kier alpha value is -2.18. The van der Waals surface area contributed by atoms with Crippen molar-refractivity contribution in [3.8, 4) is 10.4 Å². The van der Waals surface area contributed by atoms with Crippen LogP contribution in [-0.4, -0.2) is 36.1 Å². The van der Waals surface area contributed by atoms with Gasteiger partial charge in [0.2, 0.25) is 5.91 Å². The summed E-state index contributed by atoms with van der Waals surface area (Å²) in [7, 11) is 0. The molecule has 138 valence electrons. The third-order valence-electron chi connectivity index (χ3n) is 4.71. The molecule has 1 atom stereocenters. The number of nitrogens with one attached hydrogen (secondary N) is 1. The first-order valence-electron chi connectivity index (χ1n) is 9.07. The number of hydrogen-bond donors (Lipinski definition) is 2. The first-order chi connectivity index (χ1) is 12.6. The molecule has 1 saturated heterocycles. The molecule has 1 aliphatic heterocycles. The van der Waals surface area contributed by atoms with Crippen LogP contribution in [0.4, 0.5) is 5.69 Å². The Morgan fingerprint density at radius 3 is 2.69 bits per heavy atom. The summed E-state index contributed by atoms with van der Waals surface area (Å²) in [6.07, 6.45) is 3.06. The molecule has 26 heavy (non-hydrogen) atoms. The summed E-state index contributed by atoms with van der Waals surface area (Å²) in [6, 6.07) is 11.6. The van der Waals surface area contributed by atoms with Gasteiger partial charge in [0.15, 0.2) is 0 Å². The van der Waals surface area contributed by atoms with Crippen LogP contribution in [0.25, 0.3) is 10.4 Å². The molecule has 2 N–H and O–H groups in total. The summed E-state index contributed by atoms with van der Waals surface area (Å²) in [5.41, 5.74) is 1.51. The van der Waals surface area contributed by atoms with Gasteiger partial charge in [-0.1, -0.05) is 37.3 Å². The van der Waals surface area contributed by atoms with Crippen LogP contribution in [0.3, 0.4) is 0 Å². The van der Waals surface area contributed by atoms with Gasteiger partial charge in [0.25, 0.3) is 0 Å². The Morgan fingerprint density at radius 1 is 1.23 bits per heavy atom. The van der Waals surface area contributed by atoms with E-state index < -0.39 is 5.97 Å². The molecule has 1 aliphatic rings. The van der Waals surface area contributed by atoms with Crippen LogP contribution in [0.1, 0.15) is 42.3 Å². The van der Waals surface area contributed by atoms with Crippen LogP contribution in [0.15, 0.2) is 36.4 Å². The number of benzene rings is 1. The summed E-state index contributed by atoms with van der Waals surface area (Å²) in [6.45, 7) is 3.61. The van der Waals surface area contributed by atoms with Gasteiger partial charge in [0.1, 0.15) is 4.88 Å². The monoisotopic (exact) mass is 372 g/mol. The second-order valence-corrected chi connectivity index (χ2v) is 7.50. The van der Waals surface area contributed by atoms with Crippen LogP contribution in [0.5, 0.6) is 0 Å². The number of carboxylic acids is 1. The molecule has 1 aromatic heterocycles. The van der Waals surface area contributed by atoms with E-state index in [1.807, 2.05) is 43.3 Å². The van der Waals surface area contributed by atoms with Gasteiger partial charge >= 0.3 is 5.97 Å². The molecule has 1 aromatic carbocycles. The van der Waals surface area contributed by atoms with Gasteiger partial charge in [0.05, 0.1) is 5.69 Å². The minimum Gasteiger partial charge on any atom is -0.477 e. The highest BCUT2D eigenvalue weighted by Gasteiger charge is 2.30. The van der Waals surface area contributed by atoms with Crippen LogP contribution >= 0.6 is 11.3 Å². The fourth-order valence-corrected chi connectivity index (χ4v) is 4.42. The van der Waals surface area contributed by atoms with E-state index in [0.717, 1.165) is 42.8 Å². The third-order valence-corrected chi connectivity index (χ3v) is 5.87. The molecule has 3 rings (SSSR count). The first kappa shape index (κ1) is 18.6. The quantitative estimate of drug-likeness (QED) is 0.832. The number of rotatable bonds is 5. The summed E-state index contributed by atoms with van der Waals surface area (Å²) < 4.78 is 0. The molecule has 0 saturated carbocycles. The van der Waals surface area contributed by atoms with Crippen molar-refractivity contribution in [1.29, 1.82) is 0 Å². The van der Waals surface area contributed by atoms with E-state index in [0.29, 0.717) is 12.1 Å². The lowest BCUT2D eigenvalue weighted by Gasteiger charge is -2.30. The lowest BCUT2D eigenvalue weighted by atomic mass is 10.1. The number of carbonyl (C=O) groups excluding carboxylic acids is 1. The Bertz CT molecular complexity index is 765. The fourth-order valence-electron chi connectivity index (χ4n) is 3.42. The summed E-state index contributed by atoms with van der Waals surface area (Å²) in [4.78, 5) is 27.5. The maximum Gasteiger partial charge on any atom is 0.348 e. The normalized spacial score (nSPS) is 17.5. The maximum absolute atomic E-state index is 12.8. The highest BCUT2D eigenvalue weighted by atomic mass is 32.1. The van der Waals surface area contributed by atoms with Gasteiger partial charge in [0, 0.05) is 17.3 Å². The molecule has 6 heteroatoms. The largest absolute Gasteiger partial charge is 0.477 e. The molecule has 1 fully saturated rings. The van der Waals surface area contributed by atoms with Crippen LogP contribution in [0, 0.1) is 0 Å². The van der Waals surface area contributed by atoms with Crippen LogP contribution in [-0.2, 0) is 4.79 Å². The zero-order valence-electron chi connectivity index (χ0n) is 14.9. The van der Waals surface area contributed by atoms with Crippen molar-refractivity contribution in [2.45, 2.75) is 38.6 Å². The molecule has 2 aromatic rings. The SMILES string of the molecule is CCC(=O)N(c1cc(-c2ccccc2)sc1C(=O)O)C1CCCNCC1. The number of anilines is 1. The van der Waals surface area contributed by atoms with Gasteiger partial charge < -0.3 is 15.3 Å². The third kappa shape index (κ3) is 3.97. The number of carbonyl (C=O) groups is 2. The standard InChI is InChI=1S/C20H24N2O3S/c1-2-18(23)22(15-9-6-11-21-12-10-15)16-13-17(26-19(16)20(24)25)14-7-4-3-5-8-14/h3-5,7-8,13,15,21H,2,6,9-12H2,1H3,(H,24,25). The Balaban J connectivity index is 2.06. The maximum atomic E-state index is 12.8. The van der Waals surface area contributed by atoms with Gasteiger partial charge in [-0.2, -0.15) is 0 Å². The smallest absolute Gasteiger partial charge is 0.348 e. The van der Waals surface area contributed by atoms with Crippen molar-refractivity contribution in [2.24, 2.45) is 0 Å². The highest BCUT2D eigenvalue weighted by molar-refractivity contribution is 7.18. The lowest BCUT2D eigenvalue weighted by Crippen LogP contribution is -2.41. The zero-order valence-corrected chi connectivity index (χ0v) is 15.7. The van der Waals surface area contributed by atoms with Crippen molar-refractivity contribution >= 4 is 28.9 Å². The van der Waals surface area contributed by atoms with Crippen molar-refractivity contribution in [3.05, 3.63) is 41.3 Å².